The van der Waals surface area contributed by atoms with Crippen molar-refractivity contribution >= 4 is 34.6 Å². The maximum absolute atomic E-state index is 13.2. The van der Waals surface area contributed by atoms with Crippen molar-refractivity contribution in [2.45, 2.75) is 6.92 Å². The Hall–Kier alpha value is -3.66. The number of amides is 2. The number of nitro benzene ring substituents is 1. The van der Waals surface area contributed by atoms with Crippen molar-refractivity contribution in [3.63, 3.8) is 0 Å². The molecular weight excluding hydrogens is 426 g/mol. The summed E-state index contributed by atoms with van der Waals surface area (Å²) in [7, 11) is 3.50. The van der Waals surface area contributed by atoms with Crippen molar-refractivity contribution in [3.8, 4) is 0 Å². The average molecular weight is 456 g/mol. The number of likely N-dealkylation sites (N-methyl/N-ethyl adjacent to an activating group) is 1. The summed E-state index contributed by atoms with van der Waals surface area (Å²) < 4.78 is 5.37. The summed E-state index contributed by atoms with van der Waals surface area (Å²) in [5.41, 5.74) is 2.24. The summed E-state index contributed by atoms with van der Waals surface area (Å²) in [6, 6.07) is 11.7. The Morgan fingerprint density at radius 1 is 1.12 bits per heavy atom. The first-order chi connectivity index (χ1) is 15.8. The lowest BCUT2D eigenvalue weighted by Gasteiger charge is -2.29. The Labute approximate surface area is 192 Å². The number of carbonyl (C=O) groups excluding carboxylic acids is 2. The summed E-state index contributed by atoms with van der Waals surface area (Å²) in [5, 5.41) is 14.0. The van der Waals surface area contributed by atoms with Crippen LogP contribution in [0.3, 0.4) is 0 Å². The third kappa shape index (κ3) is 5.98. The molecule has 1 aliphatic heterocycles. The summed E-state index contributed by atoms with van der Waals surface area (Å²) in [5.74, 6) is -0.788. The van der Waals surface area contributed by atoms with Crippen LogP contribution in [0.2, 0.25) is 0 Å². The molecular formula is C23H29N5O5. The highest BCUT2D eigenvalue weighted by Crippen LogP contribution is 2.26. The van der Waals surface area contributed by atoms with Gasteiger partial charge in [0.25, 0.3) is 11.6 Å². The second kappa shape index (κ2) is 10.8. The van der Waals surface area contributed by atoms with Gasteiger partial charge < -0.3 is 24.8 Å². The molecule has 2 aromatic rings. The standard InChI is InChI=1S/C23H29N5O5/c1-4-26(23(30)20-15-19(28(31)32)9-10-21(20)25(2)3)16-22(29)24-17-5-7-18(8-6-17)27-11-13-33-14-12-27/h5-10,15H,4,11-14,16H2,1-3H3,(H,24,29). The highest BCUT2D eigenvalue weighted by atomic mass is 16.6. The number of benzene rings is 2. The van der Waals surface area contributed by atoms with Crippen molar-refractivity contribution in [2.24, 2.45) is 0 Å². The molecule has 1 saturated heterocycles. The van der Waals surface area contributed by atoms with Gasteiger partial charge >= 0.3 is 0 Å². The molecule has 2 aromatic carbocycles. The molecule has 176 valence electrons. The van der Waals surface area contributed by atoms with Gasteiger partial charge in [-0.2, -0.15) is 0 Å². The highest BCUT2D eigenvalue weighted by Gasteiger charge is 2.23. The molecule has 0 atom stereocenters. The summed E-state index contributed by atoms with van der Waals surface area (Å²) in [6.07, 6.45) is 0. The van der Waals surface area contributed by atoms with Crippen molar-refractivity contribution in [3.05, 3.63) is 58.1 Å². The van der Waals surface area contributed by atoms with E-state index in [-0.39, 0.29) is 30.2 Å². The molecule has 1 heterocycles. The van der Waals surface area contributed by atoms with E-state index in [1.54, 1.807) is 25.9 Å². The van der Waals surface area contributed by atoms with Gasteiger partial charge in [-0.05, 0) is 37.3 Å². The topological polar surface area (TPSA) is 108 Å². The molecule has 1 N–H and O–H groups in total. The number of rotatable bonds is 8. The van der Waals surface area contributed by atoms with Gasteiger partial charge in [0.05, 0.1) is 23.7 Å². The maximum Gasteiger partial charge on any atom is 0.270 e. The van der Waals surface area contributed by atoms with Gasteiger partial charge in [-0.1, -0.05) is 0 Å². The van der Waals surface area contributed by atoms with Crippen molar-refractivity contribution in [1.82, 2.24) is 4.90 Å². The number of ether oxygens (including phenoxy) is 1. The van der Waals surface area contributed by atoms with E-state index in [0.29, 0.717) is 24.6 Å². The lowest BCUT2D eigenvalue weighted by Crippen LogP contribution is -2.38. The molecule has 0 unspecified atom stereocenters. The van der Waals surface area contributed by atoms with Crippen LogP contribution < -0.4 is 15.1 Å². The first-order valence-corrected chi connectivity index (χ1v) is 10.8. The largest absolute Gasteiger partial charge is 0.378 e. The molecule has 33 heavy (non-hydrogen) atoms. The lowest BCUT2D eigenvalue weighted by molar-refractivity contribution is -0.384. The second-order valence-electron chi connectivity index (χ2n) is 7.87. The predicted octanol–water partition coefficient (Wildman–Crippen LogP) is 2.60. The normalized spacial score (nSPS) is 13.4. The summed E-state index contributed by atoms with van der Waals surface area (Å²) in [4.78, 5) is 41.8. The Morgan fingerprint density at radius 3 is 2.36 bits per heavy atom. The lowest BCUT2D eigenvalue weighted by atomic mass is 10.1. The third-order valence-electron chi connectivity index (χ3n) is 5.43. The van der Waals surface area contributed by atoms with Gasteiger partial charge in [-0.25, -0.2) is 0 Å². The third-order valence-corrected chi connectivity index (χ3v) is 5.43. The van der Waals surface area contributed by atoms with Crippen LogP contribution in [-0.2, 0) is 9.53 Å². The zero-order valence-electron chi connectivity index (χ0n) is 19.1. The van der Waals surface area contributed by atoms with Gasteiger partial charge in [0.15, 0.2) is 0 Å². The number of anilines is 3. The smallest absolute Gasteiger partial charge is 0.270 e. The fraction of sp³-hybridized carbons (Fsp3) is 0.391. The zero-order chi connectivity index (χ0) is 24.0. The molecule has 1 fully saturated rings. The van der Waals surface area contributed by atoms with Crippen molar-refractivity contribution < 1.29 is 19.2 Å². The van der Waals surface area contributed by atoms with E-state index < -0.39 is 10.8 Å². The molecule has 1 aliphatic rings. The number of nitrogens with zero attached hydrogens (tertiary/aromatic N) is 4. The molecule has 3 rings (SSSR count). The number of morpholine rings is 1. The molecule has 0 aromatic heterocycles. The molecule has 0 radical (unpaired) electrons. The fourth-order valence-corrected chi connectivity index (χ4v) is 3.65. The van der Waals surface area contributed by atoms with Gasteiger partial charge in [0, 0.05) is 62.9 Å². The number of carbonyl (C=O) groups is 2. The van der Waals surface area contributed by atoms with Gasteiger partial charge in [-0.3, -0.25) is 19.7 Å². The SMILES string of the molecule is CCN(CC(=O)Nc1ccc(N2CCOCC2)cc1)C(=O)c1cc([N+](=O)[O-])ccc1N(C)C. The quantitative estimate of drug-likeness (QED) is 0.481. The Balaban J connectivity index is 1.69. The summed E-state index contributed by atoms with van der Waals surface area (Å²) >= 11 is 0. The zero-order valence-corrected chi connectivity index (χ0v) is 19.1. The minimum atomic E-state index is -0.542. The maximum atomic E-state index is 13.2. The number of hydrogen-bond acceptors (Lipinski definition) is 7. The Kier molecular flexibility index (Phi) is 7.83. The van der Waals surface area contributed by atoms with E-state index in [1.165, 1.54) is 23.1 Å². The molecule has 2 amide bonds. The van der Waals surface area contributed by atoms with Gasteiger partial charge in [0.1, 0.15) is 6.54 Å². The van der Waals surface area contributed by atoms with E-state index in [2.05, 4.69) is 10.2 Å². The van der Waals surface area contributed by atoms with Crippen molar-refractivity contribution in [2.75, 3.05) is 68.6 Å². The van der Waals surface area contributed by atoms with Crippen LogP contribution in [0.25, 0.3) is 0 Å². The minimum absolute atomic E-state index is 0.171. The fourth-order valence-electron chi connectivity index (χ4n) is 3.65. The highest BCUT2D eigenvalue weighted by molar-refractivity contribution is 6.03. The molecule has 0 spiro atoms. The van der Waals surface area contributed by atoms with E-state index in [9.17, 15) is 19.7 Å². The van der Waals surface area contributed by atoms with Gasteiger partial charge in [0.2, 0.25) is 5.91 Å². The number of nitrogens with one attached hydrogen (secondary N) is 1. The van der Waals surface area contributed by atoms with Crippen LogP contribution in [0.5, 0.6) is 0 Å². The average Bonchev–Trinajstić information content (AvgIpc) is 2.82. The second-order valence-corrected chi connectivity index (χ2v) is 7.87. The van der Waals surface area contributed by atoms with Crippen LogP contribution in [0, 0.1) is 10.1 Å². The van der Waals surface area contributed by atoms with Crippen LogP contribution in [0.15, 0.2) is 42.5 Å². The Bertz CT molecular complexity index is 1000. The van der Waals surface area contributed by atoms with Crippen LogP contribution in [0.1, 0.15) is 17.3 Å². The predicted molar refractivity (Wildman–Crippen MR) is 127 cm³/mol. The number of non-ortho nitro benzene ring substituents is 1. The first-order valence-electron chi connectivity index (χ1n) is 10.8. The molecule has 0 bridgehead atoms. The number of nitro groups is 1. The van der Waals surface area contributed by atoms with Crippen molar-refractivity contribution in [1.29, 1.82) is 0 Å². The van der Waals surface area contributed by atoms with E-state index in [0.717, 1.165) is 18.8 Å². The molecule has 10 nitrogen and oxygen atoms in total. The van der Waals surface area contributed by atoms with E-state index >= 15 is 0 Å². The number of hydrogen-bond donors (Lipinski definition) is 1. The van der Waals surface area contributed by atoms with E-state index in [1.807, 2.05) is 24.3 Å². The van der Waals surface area contributed by atoms with E-state index in [4.69, 9.17) is 4.74 Å². The molecule has 0 saturated carbocycles. The summed E-state index contributed by atoms with van der Waals surface area (Å²) in [6.45, 7) is 4.90. The first kappa shape index (κ1) is 24.0. The van der Waals surface area contributed by atoms with Crippen LogP contribution in [0.4, 0.5) is 22.7 Å². The Morgan fingerprint density at radius 2 is 1.79 bits per heavy atom. The van der Waals surface area contributed by atoms with Crippen LogP contribution in [-0.4, -0.2) is 75.1 Å². The molecule has 0 aliphatic carbocycles. The molecule has 10 heteroatoms. The van der Waals surface area contributed by atoms with Gasteiger partial charge in [-0.15, -0.1) is 0 Å². The minimum Gasteiger partial charge on any atom is -0.378 e. The monoisotopic (exact) mass is 455 g/mol. The van der Waals surface area contributed by atoms with Crippen LogP contribution >= 0.6 is 0 Å².